The molecule has 0 spiro atoms. The van der Waals surface area contributed by atoms with Crippen LogP contribution in [-0.2, 0) is 11.2 Å². The molecule has 0 aliphatic rings. The van der Waals surface area contributed by atoms with Gasteiger partial charge in [0.2, 0.25) is 5.91 Å². The third-order valence-electron chi connectivity index (χ3n) is 3.13. The molecule has 0 saturated carbocycles. The van der Waals surface area contributed by atoms with Gasteiger partial charge < -0.3 is 25.4 Å². The second-order valence-electron chi connectivity index (χ2n) is 4.61. The lowest BCUT2D eigenvalue weighted by atomic mass is 10.0. The molecule has 0 saturated heterocycles. The van der Waals surface area contributed by atoms with Gasteiger partial charge in [-0.05, 0) is 18.1 Å². The van der Waals surface area contributed by atoms with Crippen LogP contribution in [0.1, 0.15) is 12.0 Å². The summed E-state index contributed by atoms with van der Waals surface area (Å²) in [6.45, 7) is -1.58. The number of rotatable bonds is 8. The summed E-state index contributed by atoms with van der Waals surface area (Å²) in [5.41, 5.74) is -0.481. The number of hydrogen-bond acceptors (Lipinski definition) is 5. The molecule has 112 valence electrons. The highest BCUT2D eigenvalue weighted by atomic mass is 16.5. The minimum Gasteiger partial charge on any atom is -0.496 e. The summed E-state index contributed by atoms with van der Waals surface area (Å²) in [4.78, 5) is 11.8. The topological polar surface area (TPSA) is 99.0 Å². The van der Waals surface area contributed by atoms with Crippen LogP contribution in [0.2, 0.25) is 0 Å². The van der Waals surface area contributed by atoms with Crippen LogP contribution >= 0.6 is 0 Å². The molecule has 0 fully saturated rings. The van der Waals surface area contributed by atoms with Crippen LogP contribution in [-0.4, -0.2) is 53.7 Å². The Morgan fingerprint density at radius 2 is 1.80 bits per heavy atom. The number of para-hydroxylation sites is 1. The Labute approximate surface area is 118 Å². The molecule has 6 nitrogen and oxygen atoms in total. The van der Waals surface area contributed by atoms with E-state index in [4.69, 9.17) is 20.1 Å². The molecule has 0 unspecified atom stereocenters. The van der Waals surface area contributed by atoms with Crippen LogP contribution in [0, 0.1) is 0 Å². The lowest BCUT2D eigenvalue weighted by molar-refractivity contribution is -0.125. The van der Waals surface area contributed by atoms with Crippen molar-refractivity contribution in [3.8, 4) is 5.75 Å². The Bertz CT molecular complexity index is 423. The molecular weight excluding hydrogens is 262 g/mol. The van der Waals surface area contributed by atoms with Gasteiger partial charge >= 0.3 is 0 Å². The van der Waals surface area contributed by atoms with Crippen molar-refractivity contribution >= 4 is 5.91 Å². The third kappa shape index (κ3) is 4.19. The molecule has 0 bridgehead atoms. The molecule has 0 aromatic heterocycles. The minimum absolute atomic E-state index is 0.169. The average Bonchev–Trinajstić information content (AvgIpc) is 2.51. The van der Waals surface area contributed by atoms with E-state index in [0.29, 0.717) is 12.2 Å². The number of carbonyl (C=O) groups excluding carboxylic acids is 1. The highest BCUT2D eigenvalue weighted by Gasteiger charge is 2.29. The van der Waals surface area contributed by atoms with Crippen LogP contribution in [0.15, 0.2) is 24.3 Å². The molecule has 0 aliphatic carbocycles. The summed E-state index contributed by atoms with van der Waals surface area (Å²) in [5.74, 6) is 0.353. The van der Waals surface area contributed by atoms with Crippen molar-refractivity contribution < 1.29 is 24.9 Å². The molecule has 20 heavy (non-hydrogen) atoms. The average molecular weight is 283 g/mol. The second kappa shape index (κ2) is 7.84. The zero-order valence-electron chi connectivity index (χ0n) is 11.5. The van der Waals surface area contributed by atoms with Gasteiger partial charge in [0.1, 0.15) is 11.3 Å². The lowest BCUT2D eigenvalue weighted by Crippen LogP contribution is -2.57. The first-order chi connectivity index (χ1) is 9.60. The quantitative estimate of drug-likeness (QED) is 0.513. The van der Waals surface area contributed by atoms with Crippen LogP contribution in [0.25, 0.3) is 0 Å². The van der Waals surface area contributed by atoms with E-state index in [9.17, 15) is 4.79 Å². The Morgan fingerprint density at radius 3 is 2.35 bits per heavy atom. The van der Waals surface area contributed by atoms with Crippen molar-refractivity contribution in [2.24, 2.45) is 0 Å². The van der Waals surface area contributed by atoms with Gasteiger partial charge in [-0.25, -0.2) is 0 Å². The smallest absolute Gasteiger partial charge is 0.220 e. The Hall–Kier alpha value is -1.63. The van der Waals surface area contributed by atoms with E-state index in [-0.39, 0.29) is 12.3 Å². The fraction of sp³-hybridized carbons (Fsp3) is 0.500. The first kappa shape index (κ1) is 16.4. The lowest BCUT2D eigenvalue weighted by Gasteiger charge is -2.28. The summed E-state index contributed by atoms with van der Waals surface area (Å²) in [5, 5.41) is 29.9. The molecule has 4 N–H and O–H groups in total. The molecule has 0 aliphatic heterocycles. The number of amides is 1. The number of aliphatic hydroxyl groups is 3. The monoisotopic (exact) mass is 283 g/mol. The molecule has 0 atom stereocenters. The normalized spacial score (nSPS) is 11.2. The maximum absolute atomic E-state index is 11.8. The number of aryl methyl sites for hydroxylation is 1. The zero-order valence-corrected chi connectivity index (χ0v) is 11.5. The van der Waals surface area contributed by atoms with Crippen LogP contribution in [0.5, 0.6) is 5.75 Å². The van der Waals surface area contributed by atoms with Crippen molar-refractivity contribution in [1.29, 1.82) is 0 Å². The van der Waals surface area contributed by atoms with Crippen molar-refractivity contribution in [3.63, 3.8) is 0 Å². The molecule has 1 aromatic rings. The number of carbonyl (C=O) groups is 1. The number of aliphatic hydroxyl groups excluding tert-OH is 3. The zero-order chi connectivity index (χ0) is 15.0. The van der Waals surface area contributed by atoms with E-state index in [1.54, 1.807) is 7.11 Å². The summed E-state index contributed by atoms with van der Waals surface area (Å²) < 4.78 is 5.19. The molecular formula is C14H21NO5. The van der Waals surface area contributed by atoms with Gasteiger partial charge in [-0.2, -0.15) is 0 Å². The number of hydrogen-bond donors (Lipinski definition) is 4. The maximum atomic E-state index is 11.8. The standard InChI is InChI=1S/C14H21NO5/c1-20-12-5-3-2-4-11(12)6-7-13(19)15-14(8-16,9-17)10-18/h2-5,16-18H,6-10H2,1H3,(H,15,19). The number of benzene rings is 1. The summed E-state index contributed by atoms with van der Waals surface area (Å²) in [6.07, 6.45) is 0.635. The van der Waals surface area contributed by atoms with E-state index in [0.717, 1.165) is 5.56 Å². The second-order valence-corrected chi connectivity index (χ2v) is 4.61. The highest BCUT2D eigenvalue weighted by molar-refractivity contribution is 5.77. The molecule has 1 aromatic carbocycles. The van der Waals surface area contributed by atoms with Crippen molar-refractivity contribution in [3.05, 3.63) is 29.8 Å². The van der Waals surface area contributed by atoms with Crippen LogP contribution < -0.4 is 10.1 Å². The van der Waals surface area contributed by atoms with E-state index in [2.05, 4.69) is 5.32 Å². The van der Waals surface area contributed by atoms with Gasteiger partial charge in [0.25, 0.3) is 0 Å². The van der Waals surface area contributed by atoms with E-state index in [1.165, 1.54) is 0 Å². The SMILES string of the molecule is COc1ccccc1CCC(=O)NC(CO)(CO)CO. The highest BCUT2D eigenvalue weighted by Crippen LogP contribution is 2.18. The van der Waals surface area contributed by atoms with Gasteiger partial charge in [-0.1, -0.05) is 18.2 Å². The van der Waals surface area contributed by atoms with Crippen molar-refractivity contribution in [1.82, 2.24) is 5.32 Å². The van der Waals surface area contributed by atoms with Crippen LogP contribution in [0.4, 0.5) is 0 Å². The summed E-state index contributed by atoms with van der Waals surface area (Å²) in [7, 11) is 1.56. The molecule has 6 heteroatoms. The van der Waals surface area contributed by atoms with Crippen LogP contribution in [0.3, 0.4) is 0 Å². The molecule has 1 rings (SSSR count). The van der Waals surface area contributed by atoms with Gasteiger partial charge in [-0.3, -0.25) is 4.79 Å². The Kier molecular flexibility index (Phi) is 6.44. The largest absolute Gasteiger partial charge is 0.496 e. The Balaban J connectivity index is 2.59. The van der Waals surface area contributed by atoms with Gasteiger partial charge in [-0.15, -0.1) is 0 Å². The maximum Gasteiger partial charge on any atom is 0.220 e. The fourth-order valence-corrected chi connectivity index (χ4v) is 1.78. The number of methoxy groups -OCH3 is 1. The van der Waals surface area contributed by atoms with E-state index >= 15 is 0 Å². The van der Waals surface area contributed by atoms with Crippen molar-refractivity contribution in [2.45, 2.75) is 18.4 Å². The number of nitrogens with one attached hydrogen (secondary N) is 1. The predicted octanol–water partition coefficient (Wildman–Crippen LogP) is -0.540. The Morgan fingerprint density at radius 1 is 1.20 bits per heavy atom. The molecule has 0 radical (unpaired) electrons. The summed E-state index contributed by atoms with van der Waals surface area (Å²) in [6, 6.07) is 7.38. The first-order valence-electron chi connectivity index (χ1n) is 6.36. The third-order valence-corrected chi connectivity index (χ3v) is 3.13. The molecule has 1 amide bonds. The van der Waals surface area contributed by atoms with E-state index < -0.39 is 25.4 Å². The van der Waals surface area contributed by atoms with Gasteiger partial charge in [0.15, 0.2) is 0 Å². The predicted molar refractivity (Wildman–Crippen MR) is 73.4 cm³/mol. The summed E-state index contributed by atoms with van der Waals surface area (Å²) >= 11 is 0. The van der Waals surface area contributed by atoms with E-state index in [1.807, 2.05) is 24.3 Å². The molecule has 0 heterocycles. The van der Waals surface area contributed by atoms with Crippen molar-refractivity contribution in [2.75, 3.05) is 26.9 Å². The fourth-order valence-electron chi connectivity index (χ4n) is 1.78. The first-order valence-corrected chi connectivity index (χ1v) is 6.36. The van der Waals surface area contributed by atoms with Gasteiger partial charge in [0, 0.05) is 6.42 Å². The number of ether oxygens (including phenoxy) is 1. The van der Waals surface area contributed by atoms with Gasteiger partial charge in [0.05, 0.1) is 26.9 Å². The minimum atomic E-state index is -1.38.